The number of benzene rings is 2. The Morgan fingerprint density at radius 1 is 1.04 bits per heavy atom. The van der Waals surface area contributed by atoms with Gasteiger partial charge in [0.2, 0.25) is 0 Å². The summed E-state index contributed by atoms with van der Waals surface area (Å²) in [5.41, 5.74) is 1.88. The molecule has 2 aromatic carbocycles. The van der Waals surface area contributed by atoms with Gasteiger partial charge < -0.3 is 9.47 Å². The molecular weight excluding hydrogens is 411 g/mol. The first-order valence-electron chi connectivity index (χ1n) is 7.84. The van der Waals surface area contributed by atoms with Crippen molar-refractivity contribution in [3.63, 3.8) is 0 Å². The molecule has 8 heteroatoms. The first kappa shape index (κ1) is 19.5. The van der Waals surface area contributed by atoms with E-state index >= 15 is 0 Å². The van der Waals surface area contributed by atoms with Gasteiger partial charge >= 0.3 is 0 Å². The molecule has 1 amide bonds. The number of amides is 1. The number of carbonyl (C=O) groups is 1. The lowest BCUT2D eigenvalue weighted by molar-refractivity contribution is -0.114. The Balaban J connectivity index is 2.06. The number of ether oxygens (including phenoxy) is 2. The average molecular weight is 426 g/mol. The van der Waals surface area contributed by atoms with Crippen LogP contribution in [0.1, 0.15) is 12.5 Å². The van der Waals surface area contributed by atoms with E-state index in [-0.39, 0.29) is 21.6 Å². The minimum atomic E-state index is -0.358. The Labute approximate surface area is 171 Å². The molecule has 0 N–H and O–H groups in total. The van der Waals surface area contributed by atoms with E-state index < -0.39 is 0 Å². The fourth-order valence-corrected chi connectivity index (χ4v) is 3.66. The van der Waals surface area contributed by atoms with Gasteiger partial charge in [-0.15, -0.1) is 0 Å². The van der Waals surface area contributed by atoms with Crippen LogP contribution in [-0.2, 0) is 4.79 Å². The monoisotopic (exact) mass is 424 g/mol. The van der Waals surface area contributed by atoms with Crippen molar-refractivity contribution in [2.24, 2.45) is 5.10 Å². The number of halogens is 3. The number of hydrogen-bond acceptors (Lipinski definition) is 4. The minimum Gasteiger partial charge on any atom is -0.497 e. The van der Waals surface area contributed by atoms with Crippen molar-refractivity contribution < 1.29 is 14.3 Å². The maximum Gasteiger partial charge on any atom is 0.280 e. The molecule has 5 nitrogen and oxygen atoms in total. The van der Waals surface area contributed by atoms with Gasteiger partial charge in [-0.3, -0.25) is 4.79 Å². The molecule has 0 bridgehead atoms. The van der Waals surface area contributed by atoms with E-state index in [9.17, 15) is 4.79 Å². The first-order valence-corrected chi connectivity index (χ1v) is 8.97. The summed E-state index contributed by atoms with van der Waals surface area (Å²) in [4.78, 5) is 13.0. The first-order chi connectivity index (χ1) is 12.8. The van der Waals surface area contributed by atoms with Gasteiger partial charge in [0.15, 0.2) is 0 Å². The Hall–Kier alpha value is -2.21. The molecule has 0 spiro atoms. The lowest BCUT2D eigenvalue weighted by Gasteiger charge is -2.15. The summed E-state index contributed by atoms with van der Waals surface area (Å²) in [6.45, 7) is 1.73. The van der Waals surface area contributed by atoms with Crippen LogP contribution in [0.15, 0.2) is 41.0 Å². The molecule has 0 atom stereocenters. The highest BCUT2D eigenvalue weighted by Gasteiger charge is 2.32. The van der Waals surface area contributed by atoms with Gasteiger partial charge in [0.1, 0.15) is 17.2 Å². The zero-order valence-electron chi connectivity index (χ0n) is 14.7. The van der Waals surface area contributed by atoms with Gasteiger partial charge in [-0.1, -0.05) is 34.8 Å². The lowest BCUT2D eigenvalue weighted by Crippen LogP contribution is -2.22. The summed E-state index contributed by atoms with van der Waals surface area (Å²) in [7, 11) is 3.12. The van der Waals surface area contributed by atoms with E-state index in [2.05, 4.69) is 5.10 Å². The van der Waals surface area contributed by atoms with Crippen LogP contribution in [0, 0.1) is 0 Å². The Morgan fingerprint density at radius 3 is 2.30 bits per heavy atom. The number of methoxy groups -OCH3 is 2. The zero-order valence-corrected chi connectivity index (χ0v) is 17.0. The molecule has 1 aliphatic rings. The van der Waals surface area contributed by atoms with Gasteiger partial charge in [0.05, 0.1) is 35.5 Å². The Bertz CT molecular complexity index is 963. The van der Waals surface area contributed by atoms with Gasteiger partial charge in [0.25, 0.3) is 5.91 Å². The molecule has 0 unspecified atom stereocenters. The standard InChI is InChI=1S/C19H15Cl3N2O3/c1-10-14(7-11-6-13(26-2)4-5-17(11)27-3)19(25)24(23-10)18-15(21)8-12(20)9-16(18)22/h4-9H,1-3H3/b14-7+. The third-order valence-corrected chi connectivity index (χ3v) is 4.79. The van der Waals surface area contributed by atoms with Crippen LogP contribution in [0.5, 0.6) is 11.5 Å². The zero-order chi connectivity index (χ0) is 19.7. The van der Waals surface area contributed by atoms with E-state index in [1.807, 2.05) is 0 Å². The van der Waals surface area contributed by atoms with Gasteiger partial charge in [0, 0.05) is 10.6 Å². The fraction of sp³-hybridized carbons (Fsp3) is 0.158. The molecule has 0 fully saturated rings. The molecule has 0 aromatic heterocycles. The van der Waals surface area contributed by atoms with Crippen LogP contribution in [0.3, 0.4) is 0 Å². The summed E-state index contributed by atoms with van der Waals surface area (Å²) >= 11 is 18.4. The summed E-state index contributed by atoms with van der Waals surface area (Å²) in [6, 6.07) is 8.33. The SMILES string of the molecule is COc1ccc(OC)c(/C=C2/C(=O)N(c3c(Cl)cc(Cl)cc3Cl)N=C2C)c1. The molecule has 1 heterocycles. The molecule has 0 saturated carbocycles. The second kappa shape index (κ2) is 7.80. The highest BCUT2D eigenvalue weighted by Crippen LogP contribution is 2.39. The lowest BCUT2D eigenvalue weighted by atomic mass is 10.1. The highest BCUT2D eigenvalue weighted by atomic mass is 35.5. The van der Waals surface area contributed by atoms with E-state index in [0.717, 1.165) is 0 Å². The van der Waals surface area contributed by atoms with Crippen LogP contribution < -0.4 is 14.5 Å². The average Bonchev–Trinajstić information content (AvgIpc) is 2.89. The van der Waals surface area contributed by atoms with Crippen molar-refractivity contribution in [2.75, 3.05) is 19.2 Å². The van der Waals surface area contributed by atoms with Gasteiger partial charge in [-0.25, -0.2) is 0 Å². The quantitative estimate of drug-likeness (QED) is 0.610. The molecule has 2 aromatic rings. The Morgan fingerprint density at radius 2 is 1.70 bits per heavy atom. The number of hydrogen-bond donors (Lipinski definition) is 0. The van der Waals surface area contributed by atoms with Crippen LogP contribution in [-0.4, -0.2) is 25.8 Å². The maximum absolute atomic E-state index is 13.0. The number of rotatable bonds is 4. The maximum atomic E-state index is 13.0. The number of nitrogens with zero attached hydrogens (tertiary/aromatic N) is 2. The topological polar surface area (TPSA) is 51.1 Å². The Kier molecular flexibility index (Phi) is 5.65. The van der Waals surface area contributed by atoms with Crippen LogP contribution in [0.4, 0.5) is 5.69 Å². The second-order valence-corrected chi connectivity index (χ2v) is 6.94. The van der Waals surface area contributed by atoms with E-state index in [1.165, 1.54) is 17.1 Å². The number of anilines is 1. The highest BCUT2D eigenvalue weighted by molar-refractivity contribution is 6.44. The van der Waals surface area contributed by atoms with E-state index in [0.29, 0.717) is 33.4 Å². The largest absolute Gasteiger partial charge is 0.497 e. The van der Waals surface area contributed by atoms with Crippen molar-refractivity contribution in [3.05, 3.63) is 56.5 Å². The van der Waals surface area contributed by atoms with Crippen LogP contribution in [0.25, 0.3) is 6.08 Å². The van der Waals surface area contributed by atoms with Crippen LogP contribution in [0.2, 0.25) is 15.1 Å². The van der Waals surface area contributed by atoms with Crippen molar-refractivity contribution in [1.29, 1.82) is 0 Å². The van der Waals surface area contributed by atoms with Gasteiger partial charge in [-0.05, 0) is 43.3 Å². The summed E-state index contributed by atoms with van der Waals surface area (Å²) < 4.78 is 10.6. The smallest absolute Gasteiger partial charge is 0.280 e. The third-order valence-electron chi connectivity index (χ3n) is 3.99. The van der Waals surface area contributed by atoms with Crippen molar-refractivity contribution in [1.82, 2.24) is 0 Å². The number of hydrazone groups is 1. The molecule has 0 aliphatic carbocycles. The molecule has 1 aliphatic heterocycles. The minimum absolute atomic E-state index is 0.234. The molecule has 3 rings (SSSR count). The summed E-state index contributed by atoms with van der Waals surface area (Å²) in [5.74, 6) is 0.886. The van der Waals surface area contributed by atoms with Crippen molar-refractivity contribution in [3.8, 4) is 11.5 Å². The predicted octanol–water partition coefficient (Wildman–Crippen LogP) is 5.47. The number of carbonyl (C=O) groups excluding carboxylic acids is 1. The fourth-order valence-electron chi connectivity index (χ4n) is 2.68. The summed E-state index contributed by atoms with van der Waals surface area (Å²) in [5, 5.41) is 6.33. The van der Waals surface area contributed by atoms with Gasteiger partial charge in [-0.2, -0.15) is 10.1 Å². The van der Waals surface area contributed by atoms with Crippen molar-refractivity contribution in [2.45, 2.75) is 6.92 Å². The molecule has 0 radical (unpaired) electrons. The van der Waals surface area contributed by atoms with Crippen molar-refractivity contribution >= 4 is 58.2 Å². The molecule has 27 heavy (non-hydrogen) atoms. The third kappa shape index (κ3) is 3.76. The van der Waals surface area contributed by atoms with E-state index in [4.69, 9.17) is 44.3 Å². The summed E-state index contributed by atoms with van der Waals surface area (Å²) in [6.07, 6.45) is 1.69. The molecule has 140 valence electrons. The predicted molar refractivity (Wildman–Crippen MR) is 110 cm³/mol. The second-order valence-electron chi connectivity index (χ2n) is 5.69. The normalized spacial score (nSPS) is 15.3. The molecular formula is C19H15Cl3N2O3. The molecule has 0 saturated heterocycles. The van der Waals surface area contributed by atoms with Crippen LogP contribution >= 0.6 is 34.8 Å². The van der Waals surface area contributed by atoms with E-state index in [1.54, 1.807) is 45.4 Å².